The van der Waals surface area contributed by atoms with Crippen LogP contribution in [0.25, 0.3) is 0 Å². The number of amides is 1. The topological polar surface area (TPSA) is 56.5 Å². The van der Waals surface area contributed by atoms with Gasteiger partial charge in [-0.2, -0.15) is 15.4 Å². The van der Waals surface area contributed by atoms with Gasteiger partial charge in [-0.05, 0) is 19.1 Å². The van der Waals surface area contributed by atoms with Crippen molar-refractivity contribution in [3.8, 4) is 6.07 Å². The van der Waals surface area contributed by atoms with Gasteiger partial charge >= 0.3 is 0 Å². The number of carbonyl (C=O) groups excluding carboxylic acids is 1. The molecule has 1 unspecified atom stereocenters. The first-order valence-electron chi connectivity index (χ1n) is 5.15. The van der Waals surface area contributed by atoms with E-state index < -0.39 is 11.7 Å². The summed E-state index contributed by atoms with van der Waals surface area (Å²) in [6.07, 6.45) is 0.0686. The average molecular weight is 231 g/mol. The van der Waals surface area contributed by atoms with Crippen LogP contribution in [0.5, 0.6) is 0 Å². The smallest absolute Gasteiger partial charge is 0.257 e. The van der Waals surface area contributed by atoms with Gasteiger partial charge in [-0.3, -0.25) is 4.79 Å². The summed E-state index contributed by atoms with van der Waals surface area (Å²) in [7, 11) is 0. The first-order chi connectivity index (χ1) is 8.15. The Hall–Kier alpha value is -2.22. The van der Waals surface area contributed by atoms with Gasteiger partial charge in [0.2, 0.25) is 0 Å². The fourth-order valence-corrected chi connectivity index (χ4v) is 1.73. The van der Waals surface area contributed by atoms with Gasteiger partial charge in [0.05, 0.1) is 18.4 Å². The molecule has 0 bridgehead atoms. The van der Waals surface area contributed by atoms with Crippen LogP contribution in [-0.4, -0.2) is 11.6 Å². The molecule has 0 aliphatic carbocycles. The number of benzene rings is 1. The van der Waals surface area contributed by atoms with Gasteiger partial charge in [-0.1, -0.05) is 12.1 Å². The molecular formula is C12H10FN3O. The van der Waals surface area contributed by atoms with Crippen LogP contribution >= 0.6 is 0 Å². The molecule has 1 aliphatic heterocycles. The molecule has 1 aromatic carbocycles. The van der Waals surface area contributed by atoms with E-state index in [2.05, 4.69) is 5.10 Å². The quantitative estimate of drug-likeness (QED) is 0.782. The van der Waals surface area contributed by atoms with E-state index in [1.807, 2.05) is 6.07 Å². The summed E-state index contributed by atoms with van der Waals surface area (Å²) in [4.78, 5) is 12.0. The number of rotatable bonds is 2. The number of para-hydroxylation sites is 1. The molecule has 1 aromatic rings. The van der Waals surface area contributed by atoms with Crippen LogP contribution in [-0.2, 0) is 4.79 Å². The summed E-state index contributed by atoms with van der Waals surface area (Å²) >= 11 is 0. The highest BCUT2D eigenvalue weighted by Gasteiger charge is 2.35. The van der Waals surface area contributed by atoms with Gasteiger partial charge in [0, 0.05) is 5.71 Å². The number of nitrogens with zero attached hydrogens (tertiary/aromatic N) is 3. The highest BCUT2D eigenvalue weighted by Crippen LogP contribution is 2.27. The molecule has 0 fully saturated rings. The molecule has 1 aliphatic rings. The van der Waals surface area contributed by atoms with Crippen molar-refractivity contribution in [3.63, 3.8) is 0 Å². The lowest BCUT2D eigenvalue weighted by Gasteiger charge is -2.13. The van der Waals surface area contributed by atoms with Crippen molar-refractivity contribution in [2.75, 3.05) is 5.01 Å². The Morgan fingerprint density at radius 3 is 2.88 bits per heavy atom. The van der Waals surface area contributed by atoms with E-state index in [0.717, 1.165) is 5.01 Å². The lowest BCUT2D eigenvalue weighted by molar-refractivity contribution is -0.119. The van der Waals surface area contributed by atoms with E-state index in [4.69, 9.17) is 5.26 Å². The van der Waals surface area contributed by atoms with Crippen LogP contribution in [0.2, 0.25) is 0 Å². The Bertz CT molecular complexity index is 533. The van der Waals surface area contributed by atoms with Gasteiger partial charge in [0.15, 0.2) is 0 Å². The molecule has 0 saturated carbocycles. The monoisotopic (exact) mass is 231 g/mol. The van der Waals surface area contributed by atoms with Gasteiger partial charge in [-0.25, -0.2) is 4.39 Å². The molecule has 5 heteroatoms. The molecule has 2 rings (SSSR count). The number of nitriles is 1. The molecular weight excluding hydrogens is 221 g/mol. The van der Waals surface area contributed by atoms with Gasteiger partial charge in [0.1, 0.15) is 11.5 Å². The predicted octanol–water partition coefficient (Wildman–Crippen LogP) is 2.08. The SMILES string of the molecule is CC1=NN(c2ccccc2F)C(=O)C1CC#N. The van der Waals surface area contributed by atoms with Crippen LogP contribution in [0, 0.1) is 23.1 Å². The van der Waals surface area contributed by atoms with Crippen LogP contribution in [0.3, 0.4) is 0 Å². The number of hydrazone groups is 1. The van der Waals surface area contributed by atoms with Crippen molar-refractivity contribution in [2.45, 2.75) is 13.3 Å². The molecule has 1 amide bonds. The summed E-state index contributed by atoms with van der Waals surface area (Å²) < 4.78 is 13.5. The van der Waals surface area contributed by atoms with Crippen molar-refractivity contribution >= 4 is 17.3 Å². The van der Waals surface area contributed by atoms with Gasteiger partial charge < -0.3 is 0 Å². The Morgan fingerprint density at radius 1 is 1.53 bits per heavy atom. The standard InChI is InChI=1S/C12H10FN3O/c1-8-9(6-7-14)12(17)16(15-8)11-5-3-2-4-10(11)13/h2-5,9H,6H2,1H3. The molecule has 0 saturated heterocycles. The van der Waals surface area contributed by atoms with Crippen LogP contribution < -0.4 is 5.01 Å². The summed E-state index contributed by atoms with van der Waals surface area (Å²) in [6.45, 7) is 1.67. The maximum atomic E-state index is 13.5. The Labute approximate surface area is 98.0 Å². The highest BCUT2D eigenvalue weighted by molar-refractivity contribution is 6.14. The van der Waals surface area contributed by atoms with E-state index in [1.165, 1.54) is 12.1 Å². The summed E-state index contributed by atoms with van der Waals surface area (Å²) in [5.41, 5.74) is 0.664. The highest BCUT2D eigenvalue weighted by atomic mass is 19.1. The van der Waals surface area contributed by atoms with Crippen molar-refractivity contribution in [1.29, 1.82) is 5.26 Å². The molecule has 4 nitrogen and oxygen atoms in total. The summed E-state index contributed by atoms with van der Waals surface area (Å²) in [5.74, 6) is -1.41. The van der Waals surface area contributed by atoms with E-state index >= 15 is 0 Å². The molecule has 0 aromatic heterocycles. The Balaban J connectivity index is 2.35. The zero-order valence-corrected chi connectivity index (χ0v) is 9.22. The molecule has 1 atom stereocenters. The molecule has 0 radical (unpaired) electrons. The van der Waals surface area contributed by atoms with E-state index in [1.54, 1.807) is 19.1 Å². The first-order valence-corrected chi connectivity index (χ1v) is 5.15. The lowest BCUT2D eigenvalue weighted by atomic mass is 10.0. The Kier molecular flexibility index (Phi) is 2.88. The number of carbonyl (C=O) groups is 1. The van der Waals surface area contributed by atoms with Crippen molar-refractivity contribution < 1.29 is 9.18 Å². The fraction of sp³-hybridized carbons (Fsp3) is 0.250. The second kappa shape index (κ2) is 4.34. The minimum absolute atomic E-state index is 0.0686. The third-order valence-electron chi connectivity index (χ3n) is 2.64. The lowest BCUT2D eigenvalue weighted by Crippen LogP contribution is -2.27. The van der Waals surface area contributed by atoms with Crippen LogP contribution in [0.4, 0.5) is 10.1 Å². The third-order valence-corrected chi connectivity index (χ3v) is 2.64. The zero-order chi connectivity index (χ0) is 12.4. The predicted molar refractivity (Wildman–Crippen MR) is 60.7 cm³/mol. The number of halogens is 1. The zero-order valence-electron chi connectivity index (χ0n) is 9.22. The number of hydrogen-bond donors (Lipinski definition) is 0. The summed E-state index contributed by atoms with van der Waals surface area (Å²) in [6, 6.07) is 7.87. The van der Waals surface area contributed by atoms with E-state index in [9.17, 15) is 9.18 Å². The van der Waals surface area contributed by atoms with Gasteiger partial charge in [0.25, 0.3) is 5.91 Å². The second-order valence-corrected chi connectivity index (χ2v) is 3.76. The van der Waals surface area contributed by atoms with Crippen molar-refractivity contribution in [3.05, 3.63) is 30.1 Å². The van der Waals surface area contributed by atoms with Crippen LogP contribution in [0.1, 0.15) is 13.3 Å². The van der Waals surface area contributed by atoms with Gasteiger partial charge in [-0.15, -0.1) is 0 Å². The minimum Gasteiger partial charge on any atom is -0.272 e. The van der Waals surface area contributed by atoms with E-state index in [0.29, 0.717) is 5.71 Å². The summed E-state index contributed by atoms with van der Waals surface area (Å²) in [5, 5.41) is 13.7. The second-order valence-electron chi connectivity index (χ2n) is 3.76. The molecule has 0 N–H and O–H groups in total. The van der Waals surface area contributed by atoms with Crippen molar-refractivity contribution in [2.24, 2.45) is 11.0 Å². The van der Waals surface area contributed by atoms with Crippen LogP contribution in [0.15, 0.2) is 29.4 Å². The Morgan fingerprint density at radius 2 is 2.24 bits per heavy atom. The maximum Gasteiger partial charge on any atom is 0.257 e. The molecule has 86 valence electrons. The third kappa shape index (κ3) is 1.89. The normalized spacial score (nSPS) is 19.1. The maximum absolute atomic E-state index is 13.5. The molecule has 0 spiro atoms. The fourth-order valence-electron chi connectivity index (χ4n) is 1.73. The minimum atomic E-state index is -0.556. The first kappa shape index (κ1) is 11.3. The van der Waals surface area contributed by atoms with E-state index in [-0.39, 0.29) is 18.0 Å². The molecule has 1 heterocycles. The number of anilines is 1. The largest absolute Gasteiger partial charge is 0.272 e. The average Bonchev–Trinajstić information content (AvgIpc) is 2.58. The molecule has 17 heavy (non-hydrogen) atoms. The number of hydrogen-bond acceptors (Lipinski definition) is 3. The van der Waals surface area contributed by atoms with Crippen molar-refractivity contribution in [1.82, 2.24) is 0 Å².